The number of thiophene rings is 2. The smallest absolute Gasteiger partial charge is 0.0991 e. The van der Waals surface area contributed by atoms with Crippen LogP contribution in [0, 0.1) is 22.7 Å². The Hall–Kier alpha value is -6.04. The van der Waals surface area contributed by atoms with E-state index in [4.69, 9.17) is 0 Å². The van der Waals surface area contributed by atoms with Crippen molar-refractivity contribution in [2.45, 2.75) is 0 Å². The number of nitriles is 2. The molecule has 0 radical (unpaired) electrons. The summed E-state index contributed by atoms with van der Waals surface area (Å²) >= 11 is 3.64. The maximum Gasteiger partial charge on any atom is 0.0991 e. The topological polar surface area (TPSA) is 47.6 Å². The summed E-state index contributed by atoms with van der Waals surface area (Å²) in [7, 11) is 0. The molecule has 9 rings (SSSR count). The Morgan fingerprint density at radius 3 is 1.25 bits per heavy atom. The zero-order valence-corrected chi connectivity index (χ0v) is 27.2. The normalized spacial score (nSPS) is 11.3. The van der Waals surface area contributed by atoms with Gasteiger partial charge in [0.15, 0.2) is 0 Å². The van der Waals surface area contributed by atoms with Crippen LogP contribution in [0.3, 0.4) is 0 Å². The second-order valence-corrected chi connectivity index (χ2v) is 14.1. The molecule has 2 nitrogen and oxygen atoms in total. The molecule has 0 N–H and O–H groups in total. The summed E-state index contributed by atoms with van der Waals surface area (Å²) in [6.07, 6.45) is 0. The monoisotopic (exact) mass is 644 g/mol. The van der Waals surface area contributed by atoms with Crippen molar-refractivity contribution in [3.63, 3.8) is 0 Å². The van der Waals surface area contributed by atoms with Crippen molar-refractivity contribution in [3.05, 3.63) is 157 Å². The number of rotatable bonds is 4. The molecule has 7 aromatic carbocycles. The zero-order chi connectivity index (χ0) is 32.2. The first-order chi connectivity index (χ1) is 23.7. The lowest BCUT2D eigenvalue weighted by Crippen LogP contribution is -1.94. The fraction of sp³-hybridized carbons (Fsp3) is 0. The molecule has 0 spiro atoms. The second kappa shape index (κ2) is 11.3. The highest BCUT2D eigenvalue weighted by Crippen LogP contribution is 2.46. The first kappa shape index (κ1) is 28.2. The number of fused-ring (bicyclic) bond motifs is 6. The molecular formula is C44H24N2S2. The molecule has 0 saturated heterocycles. The number of hydrogen-bond acceptors (Lipinski definition) is 4. The SMILES string of the molecule is N#Cc1ccc(-c2cc(-c3ccc4sc5ccccc5c4c3)c(-c3ccc(C#N)cc3)c(-c3ccc4sc5ccccc5c4c3)c2)cc1. The molecule has 2 aromatic heterocycles. The third kappa shape index (κ3) is 4.67. The van der Waals surface area contributed by atoms with Crippen molar-refractivity contribution < 1.29 is 0 Å². The van der Waals surface area contributed by atoms with Crippen LogP contribution in [0.15, 0.2) is 146 Å². The van der Waals surface area contributed by atoms with E-state index in [0.717, 1.165) is 44.5 Å². The van der Waals surface area contributed by atoms with Gasteiger partial charge >= 0.3 is 0 Å². The van der Waals surface area contributed by atoms with Gasteiger partial charge in [0.2, 0.25) is 0 Å². The lowest BCUT2D eigenvalue weighted by atomic mass is 9.84. The largest absolute Gasteiger partial charge is 0.192 e. The molecule has 4 heteroatoms. The quantitative estimate of drug-likeness (QED) is 0.191. The van der Waals surface area contributed by atoms with E-state index in [1.54, 1.807) is 0 Å². The van der Waals surface area contributed by atoms with Gasteiger partial charge < -0.3 is 0 Å². The first-order valence-corrected chi connectivity index (χ1v) is 17.3. The van der Waals surface area contributed by atoms with Gasteiger partial charge in [-0.05, 0) is 117 Å². The minimum atomic E-state index is 0.633. The van der Waals surface area contributed by atoms with Crippen LogP contribution < -0.4 is 0 Å². The predicted molar refractivity (Wildman–Crippen MR) is 203 cm³/mol. The average Bonchev–Trinajstić information content (AvgIpc) is 3.72. The lowest BCUT2D eigenvalue weighted by molar-refractivity contribution is 1.48. The molecule has 0 saturated carbocycles. The van der Waals surface area contributed by atoms with Crippen LogP contribution in [0.25, 0.3) is 84.9 Å². The van der Waals surface area contributed by atoms with Gasteiger partial charge in [-0.25, -0.2) is 0 Å². The molecule has 0 amide bonds. The van der Waals surface area contributed by atoms with E-state index < -0.39 is 0 Å². The maximum absolute atomic E-state index is 9.63. The van der Waals surface area contributed by atoms with Gasteiger partial charge in [0.1, 0.15) is 0 Å². The Balaban J connectivity index is 1.38. The van der Waals surface area contributed by atoms with Crippen LogP contribution in [0.4, 0.5) is 0 Å². The van der Waals surface area contributed by atoms with Crippen molar-refractivity contribution in [2.75, 3.05) is 0 Å². The minimum Gasteiger partial charge on any atom is -0.192 e. The van der Waals surface area contributed by atoms with E-state index in [1.165, 1.54) is 40.3 Å². The molecular weight excluding hydrogens is 621 g/mol. The van der Waals surface area contributed by atoms with E-state index in [9.17, 15) is 10.5 Å². The van der Waals surface area contributed by atoms with E-state index >= 15 is 0 Å². The molecule has 222 valence electrons. The molecule has 0 bridgehead atoms. The summed E-state index contributed by atoms with van der Waals surface area (Å²) in [5.74, 6) is 0. The summed E-state index contributed by atoms with van der Waals surface area (Å²) in [5, 5.41) is 24.1. The van der Waals surface area contributed by atoms with Crippen LogP contribution >= 0.6 is 22.7 Å². The van der Waals surface area contributed by atoms with E-state index in [1.807, 2.05) is 59.1 Å². The van der Waals surface area contributed by atoms with Crippen molar-refractivity contribution in [1.82, 2.24) is 0 Å². The second-order valence-electron chi connectivity index (χ2n) is 11.9. The van der Waals surface area contributed by atoms with Gasteiger partial charge in [-0.15, -0.1) is 22.7 Å². The van der Waals surface area contributed by atoms with Gasteiger partial charge in [0, 0.05) is 40.3 Å². The predicted octanol–water partition coefficient (Wildman–Crippen LogP) is 12.8. The third-order valence-corrected chi connectivity index (χ3v) is 11.5. The molecule has 0 aliphatic carbocycles. The summed E-state index contributed by atoms with van der Waals surface area (Å²) < 4.78 is 5.08. The molecule has 0 aliphatic heterocycles. The zero-order valence-electron chi connectivity index (χ0n) is 25.6. The van der Waals surface area contributed by atoms with Gasteiger partial charge in [0.25, 0.3) is 0 Å². The van der Waals surface area contributed by atoms with E-state index in [0.29, 0.717) is 11.1 Å². The van der Waals surface area contributed by atoms with Gasteiger partial charge in [-0.1, -0.05) is 72.8 Å². The highest BCUT2D eigenvalue weighted by atomic mass is 32.1. The number of nitrogens with zero attached hydrogens (tertiary/aromatic N) is 2. The standard InChI is InChI=1S/C44H24N2S2/c45-25-27-9-13-29(14-10-27)33-23-36(31-17-19-42-38(21-31)34-5-1-3-7-40(34)47-42)44(30-15-11-28(26-46)12-16-30)37(24-33)32-18-20-43-39(22-32)35-6-2-4-8-41(35)48-43/h1-24H. The third-order valence-electron chi connectivity index (χ3n) is 9.16. The molecule has 0 atom stereocenters. The highest BCUT2D eigenvalue weighted by Gasteiger charge is 2.19. The van der Waals surface area contributed by atoms with E-state index in [-0.39, 0.29) is 0 Å². The number of benzene rings is 7. The Morgan fingerprint density at radius 2 is 0.771 bits per heavy atom. The first-order valence-electron chi connectivity index (χ1n) is 15.7. The summed E-state index contributed by atoms with van der Waals surface area (Å²) in [6.45, 7) is 0. The molecule has 9 aromatic rings. The summed E-state index contributed by atoms with van der Waals surface area (Å²) in [6, 6.07) is 55.7. The molecule has 2 heterocycles. The molecule has 0 aliphatic rings. The van der Waals surface area contributed by atoms with Crippen LogP contribution in [0.1, 0.15) is 11.1 Å². The number of hydrogen-bond donors (Lipinski definition) is 0. The van der Waals surface area contributed by atoms with Crippen molar-refractivity contribution in [1.29, 1.82) is 10.5 Å². The minimum absolute atomic E-state index is 0.633. The molecule has 48 heavy (non-hydrogen) atoms. The summed E-state index contributed by atoms with van der Waals surface area (Å²) in [4.78, 5) is 0. The Morgan fingerprint density at radius 1 is 0.354 bits per heavy atom. The van der Waals surface area contributed by atoms with Crippen LogP contribution in [-0.4, -0.2) is 0 Å². The fourth-order valence-corrected chi connectivity index (χ4v) is 8.98. The van der Waals surface area contributed by atoms with Crippen LogP contribution in [0.5, 0.6) is 0 Å². The van der Waals surface area contributed by atoms with Gasteiger partial charge in [0.05, 0.1) is 23.3 Å². The molecule has 0 fully saturated rings. The van der Waals surface area contributed by atoms with E-state index in [2.05, 4.69) is 121 Å². The fourth-order valence-electron chi connectivity index (χ4n) is 6.81. The van der Waals surface area contributed by atoms with Crippen LogP contribution in [0.2, 0.25) is 0 Å². The van der Waals surface area contributed by atoms with Crippen molar-refractivity contribution in [2.24, 2.45) is 0 Å². The lowest BCUT2D eigenvalue weighted by Gasteiger charge is -2.19. The van der Waals surface area contributed by atoms with Crippen LogP contribution in [-0.2, 0) is 0 Å². The van der Waals surface area contributed by atoms with Crippen molar-refractivity contribution >= 4 is 63.0 Å². The Bertz CT molecular complexity index is 2650. The van der Waals surface area contributed by atoms with Gasteiger partial charge in [-0.3, -0.25) is 0 Å². The highest BCUT2D eigenvalue weighted by molar-refractivity contribution is 7.26. The Kier molecular flexibility index (Phi) is 6.66. The Labute approximate surface area is 285 Å². The average molecular weight is 645 g/mol. The summed E-state index contributed by atoms with van der Waals surface area (Å²) in [5.41, 5.74) is 10.1. The molecule has 0 unspecified atom stereocenters. The van der Waals surface area contributed by atoms with Gasteiger partial charge in [-0.2, -0.15) is 10.5 Å². The van der Waals surface area contributed by atoms with Crippen molar-refractivity contribution in [3.8, 4) is 56.6 Å². The maximum atomic E-state index is 9.63.